The van der Waals surface area contributed by atoms with Crippen molar-refractivity contribution < 1.29 is 24.1 Å². The number of carboxylic acid groups (broad SMARTS) is 1. The molecule has 0 amide bonds. The predicted molar refractivity (Wildman–Crippen MR) is 163 cm³/mol. The Morgan fingerprint density at radius 3 is 2.58 bits per heavy atom. The molecule has 0 aliphatic carbocycles. The lowest BCUT2D eigenvalue weighted by atomic mass is 9.96. The fourth-order valence-electron chi connectivity index (χ4n) is 4.29. The molecule has 4 rings (SSSR count). The van der Waals surface area contributed by atoms with Gasteiger partial charge in [0.2, 0.25) is 0 Å². The van der Waals surface area contributed by atoms with Crippen LogP contribution in [0.3, 0.4) is 0 Å². The zero-order valence-electron chi connectivity index (χ0n) is 22.9. The van der Waals surface area contributed by atoms with E-state index in [-0.39, 0.29) is 11.5 Å². The maximum Gasteiger partial charge on any atom is 0.341 e. The first-order valence-electron chi connectivity index (χ1n) is 12.7. The van der Waals surface area contributed by atoms with Crippen LogP contribution in [0.4, 0.5) is 0 Å². The SMILES string of the molecule is CCOc1cc(C)c(-c2nc3ccccc3c(=O)n2N=Cc2cc(I)c(OCC(=O)O)c(OC)c2)cc1C(C)C. The van der Waals surface area contributed by atoms with E-state index >= 15 is 0 Å². The van der Waals surface area contributed by atoms with Gasteiger partial charge in [-0.05, 0) is 95.4 Å². The van der Waals surface area contributed by atoms with Crippen LogP contribution in [0, 0.1) is 10.5 Å². The normalized spacial score (nSPS) is 11.4. The number of hydrogen-bond donors (Lipinski definition) is 1. The van der Waals surface area contributed by atoms with Gasteiger partial charge in [-0.1, -0.05) is 26.0 Å². The lowest BCUT2D eigenvalue weighted by Crippen LogP contribution is -2.21. The molecule has 0 spiro atoms. The highest BCUT2D eigenvalue weighted by molar-refractivity contribution is 14.1. The minimum Gasteiger partial charge on any atom is -0.494 e. The molecule has 40 heavy (non-hydrogen) atoms. The Morgan fingerprint density at radius 1 is 1.15 bits per heavy atom. The van der Waals surface area contributed by atoms with E-state index in [1.54, 1.807) is 30.5 Å². The van der Waals surface area contributed by atoms with Gasteiger partial charge >= 0.3 is 5.97 Å². The molecule has 0 aliphatic heterocycles. The minimum atomic E-state index is -1.09. The van der Waals surface area contributed by atoms with Crippen molar-refractivity contribution in [2.75, 3.05) is 20.3 Å². The van der Waals surface area contributed by atoms with Crippen LogP contribution in [0.2, 0.25) is 0 Å². The number of rotatable bonds is 10. The Labute approximate surface area is 245 Å². The van der Waals surface area contributed by atoms with Gasteiger partial charge in [0.1, 0.15) is 5.75 Å². The van der Waals surface area contributed by atoms with Gasteiger partial charge < -0.3 is 19.3 Å². The molecule has 10 heteroatoms. The van der Waals surface area contributed by atoms with Crippen molar-refractivity contribution in [1.82, 2.24) is 9.66 Å². The number of methoxy groups -OCH3 is 1. The maximum absolute atomic E-state index is 13.7. The van der Waals surface area contributed by atoms with Crippen LogP contribution < -0.4 is 19.8 Å². The molecule has 1 heterocycles. The third-order valence-electron chi connectivity index (χ3n) is 6.19. The number of hydrogen-bond acceptors (Lipinski definition) is 7. The molecule has 0 fully saturated rings. The summed E-state index contributed by atoms with van der Waals surface area (Å²) < 4.78 is 18.7. The Hall–Kier alpha value is -3.93. The van der Waals surface area contributed by atoms with Crippen molar-refractivity contribution in [2.24, 2.45) is 5.10 Å². The Bertz CT molecular complexity index is 1660. The van der Waals surface area contributed by atoms with Crippen LogP contribution in [-0.4, -0.2) is 47.3 Å². The van der Waals surface area contributed by atoms with Gasteiger partial charge in [-0.25, -0.2) is 9.78 Å². The number of benzene rings is 3. The fraction of sp³-hybridized carbons (Fsp3) is 0.267. The van der Waals surface area contributed by atoms with E-state index in [0.29, 0.717) is 44.0 Å². The minimum absolute atomic E-state index is 0.182. The van der Waals surface area contributed by atoms with Gasteiger partial charge in [0.15, 0.2) is 23.9 Å². The second-order valence-corrected chi connectivity index (χ2v) is 10.5. The summed E-state index contributed by atoms with van der Waals surface area (Å²) in [7, 11) is 1.47. The highest BCUT2D eigenvalue weighted by atomic mass is 127. The summed E-state index contributed by atoms with van der Waals surface area (Å²) in [6.07, 6.45) is 1.54. The molecule has 0 saturated carbocycles. The van der Waals surface area contributed by atoms with Crippen molar-refractivity contribution in [1.29, 1.82) is 0 Å². The van der Waals surface area contributed by atoms with E-state index in [1.165, 1.54) is 11.8 Å². The molecular weight excluding hydrogens is 625 g/mol. The molecule has 0 saturated heterocycles. The first kappa shape index (κ1) is 29.1. The average Bonchev–Trinajstić information content (AvgIpc) is 2.91. The molecule has 1 N–H and O–H groups in total. The molecule has 0 unspecified atom stereocenters. The zero-order valence-corrected chi connectivity index (χ0v) is 25.1. The van der Waals surface area contributed by atoms with Crippen molar-refractivity contribution in [3.05, 3.63) is 79.1 Å². The maximum atomic E-state index is 13.7. The van der Waals surface area contributed by atoms with Crippen LogP contribution in [0.15, 0.2) is 58.4 Å². The van der Waals surface area contributed by atoms with Crippen LogP contribution >= 0.6 is 22.6 Å². The summed E-state index contributed by atoms with van der Waals surface area (Å²) in [5.41, 5.74) is 3.58. The Balaban J connectivity index is 1.90. The molecular formula is C30H30IN3O6. The number of aryl methyl sites for hydroxylation is 1. The Morgan fingerprint density at radius 2 is 1.90 bits per heavy atom. The van der Waals surface area contributed by atoms with E-state index in [4.69, 9.17) is 24.3 Å². The molecule has 4 aromatic rings. The molecule has 208 valence electrons. The van der Waals surface area contributed by atoms with E-state index < -0.39 is 12.6 Å². The second-order valence-electron chi connectivity index (χ2n) is 9.32. The predicted octanol–water partition coefficient (Wildman–Crippen LogP) is 5.85. The molecule has 0 bridgehead atoms. The topological polar surface area (TPSA) is 112 Å². The zero-order chi connectivity index (χ0) is 29.0. The van der Waals surface area contributed by atoms with Gasteiger partial charge in [0.05, 0.1) is 34.4 Å². The molecule has 9 nitrogen and oxygen atoms in total. The average molecular weight is 655 g/mol. The van der Waals surface area contributed by atoms with E-state index in [9.17, 15) is 9.59 Å². The lowest BCUT2D eigenvalue weighted by molar-refractivity contribution is -0.139. The van der Waals surface area contributed by atoms with Gasteiger partial charge in [0.25, 0.3) is 5.56 Å². The first-order chi connectivity index (χ1) is 19.1. The van der Waals surface area contributed by atoms with Crippen LogP contribution in [0.25, 0.3) is 22.3 Å². The largest absolute Gasteiger partial charge is 0.494 e. The number of para-hydroxylation sites is 1. The number of nitrogens with zero attached hydrogens (tertiary/aromatic N) is 3. The summed E-state index contributed by atoms with van der Waals surface area (Å²) in [6.45, 7) is 8.14. The number of carboxylic acids is 1. The molecule has 0 atom stereocenters. The summed E-state index contributed by atoms with van der Waals surface area (Å²) in [5.74, 6) is 0.974. The third-order valence-corrected chi connectivity index (χ3v) is 6.99. The van der Waals surface area contributed by atoms with Crippen molar-refractivity contribution in [2.45, 2.75) is 33.6 Å². The summed E-state index contributed by atoms with van der Waals surface area (Å²) >= 11 is 2.04. The number of carbonyl (C=O) groups is 1. The summed E-state index contributed by atoms with van der Waals surface area (Å²) in [4.78, 5) is 29.6. The standard InChI is InChI=1S/C30H30IN3O6/c1-6-39-25-11-18(4)22(14-21(25)17(2)3)29-33-24-10-8-7-9-20(24)30(37)34(29)32-15-19-12-23(31)28(26(13-19)38-5)40-16-27(35)36/h7-15,17H,6,16H2,1-5H3,(H,35,36). The number of fused-ring (bicyclic) bond motifs is 1. The third kappa shape index (κ3) is 6.11. The first-order valence-corrected chi connectivity index (χ1v) is 13.8. The quantitative estimate of drug-likeness (QED) is 0.169. The smallest absolute Gasteiger partial charge is 0.341 e. The fourth-order valence-corrected chi connectivity index (χ4v) is 5.07. The van der Waals surface area contributed by atoms with Crippen molar-refractivity contribution >= 4 is 45.7 Å². The number of halogens is 1. The van der Waals surface area contributed by atoms with Crippen LogP contribution in [0.1, 0.15) is 43.4 Å². The number of aromatic nitrogens is 2. The lowest BCUT2D eigenvalue weighted by Gasteiger charge is -2.18. The molecule has 3 aromatic carbocycles. The Kier molecular flexibility index (Phi) is 9.08. The van der Waals surface area contributed by atoms with E-state index in [1.807, 2.05) is 60.7 Å². The van der Waals surface area contributed by atoms with Crippen LogP contribution in [-0.2, 0) is 4.79 Å². The highest BCUT2D eigenvalue weighted by Gasteiger charge is 2.19. The van der Waals surface area contributed by atoms with E-state index in [2.05, 4.69) is 18.9 Å². The highest BCUT2D eigenvalue weighted by Crippen LogP contribution is 2.35. The number of aliphatic carboxylic acids is 1. The van der Waals surface area contributed by atoms with Gasteiger partial charge in [-0.2, -0.15) is 9.78 Å². The second kappa shape index (κ2) is 12.5. The summed E-state index contributed by atoms with van der Waals surface area (Å²) in [6, 6.07) is 14.6. The van der Waals surface area contributed by atoms with Crippen molar-refractivity contribution in [3.63, 3.8) is 0 Å². The molecule has 1 aromatic heterocycles. The van der Waals surface area contributed by atoms with Crippen LogP contribution in [0.5, 0.6) is 17.2 Å². The molecule has 0 radical (unpaired) electrons. The van der Waals surface area contributed by atoms with Gasteiger partial charge in [0, 0.05) is 5.56 Å². The molecule has 0 aliphatic rings. The van der Waals surface area contributed by atoms with E-state index in [0.717, 1.165) is 22.4 Å². The van der Waals surface area contributed by atoms with Gasteiger partial charge in [-0.15, -0.1) is 0 Å². The monoisotopic (exact) mass is 655 g/mol. The van der Waals surface area contributed by atoms with Gasteiger partial charge in [-0.3, -0.25) is 4.79 Å². The summed E-state index contributed by atoms with van der Waals surface area (Å²) in [5, 5.41) is 14.0. The number of ether oxygens (including phenoxy) is 3. The van der Waals surface area contributed by atoms with Crippen molar-refractivity contribution in [3.8, 4) is 28.6 Å².